The van der Waals surface area contributed by atoms with Crippen molar-refractivity contribution < 1.29 is 23.3 Å². The number of hydrogen-bond donors (Lipinski definition) is 1. The van der Waals surface area contributed by atoms with Gasteiger partial charge in [-0.3, -0.25) is 9.69 Å². The van der Waals surface area contributed by atoms with Crippen LogP contribution in [0.2, 0.25) is 0 Å². The molecule has 2 fully saturated rings. The maximum Gasteiger partial charge on any atom is 0.414 e. The second kappa shape index (κ2) is 7.85. The van der Waals surface area contributed by atoms with Crippen molar-refractivity contribution in [3.05, 3.63) is 42.0 Å². The Hall–Kier alpha value is -2.14. The van der Waals surface area contributed by atoms with Crippen LogP contribution in [-0.2, 0) is 14.1 Å². The highest BCUT2D eigenvalue weighted by Crippen LogP contribution is 2.54. The molecular formula is C19H24FN2O4P. The molecule has 2 amide bonds. The van der Waals surface area contributed by atoms with Gasteiger partial charge in [0.2, 0.25) is 5.91 Å². The van der Waals surface area contributed by atoms with Crippen LogP contribution in [0.5, 0.6) is 0 Å². The van der Waals surface area contributed by atoms with Crippen LogP contribution in [0.15, 0.2) is 30.6 Å². The van der Waals surface area contributed by atoms with Gasteiger partial charge in [-0.1, -0.05) is 12.6 Å². The summed E-state index contributed by atoms with van der Waals surface area (Å²) in [5, 5.41) is 2.61. The fourth-order valence-electron chi connectivity index (χ4n) is 3.61. The van der Waals surface area contributed by atoms with E-state index in [1.54, 1.807) is 17.9 Å². The number of halogens is 1. The van der Waals surface area contributed by atoms with Gasteiger partial charge in [-0.15, -0.1) is 0 Å². The summed E-state index contributed by atoms with van der Waals surface area (Å²) in [5.74, 6) is 1.03. The maximum atomic E-state index is 14.7. The second-order valence-electron chi connectivity index (χ2n) is 7.12. The minimum Gasteiger partial charge on any atom is -0.442 e. The largest absolute Gasteiger partial charge is 0.442 e. The number of ether oxygens (including phenoxy) is 1. The molecule has 1 aromatic rings. The Morgan fingerprint density at radius 1 is 1.44 bits per heavy atom. The van der Waals surface area contributed by atoms with Crippen molar-refractivity contribution in [2.24, 2.45) is 0 Å². The van der Waals surface area contributed by atoms with Crippen LogP contribution in [-0.4, -0.2) is 43.5 Å². The molecule has 27 heavy (non-hydrogen) atoms. The lowest BCUT2D eigenvalue weighted by Crippen LogP contribution is -2.33. The molecule has 0 aliphatic carbocycles. The zero-order valence-corrected chi connectivity index (χ0v) is 16.2. The fraction of sp³-hybridized carbons (Fsp3) is 0.474. The van der Waals surface area contributed by atoms with Crippen molar-refractivity contribution in [3.63, 3.8) is 0 Å². The van der Waals surface area contributed by atoms with E-state index in [-0.39, 0.29) is 30.7 Å². The van der Waals surface area contributed by atoms with E-state index in [0.29, 0.717) is 36.4 Å². The monoisotopic (exact) mass is 394 g/mol. The van der Waals surface area contributed by atoms with E-state index < -0.39 is 19.3 Å². The molecule has 0 saturated carbocycles. The van der Waals surface area contributed by atoms with Gasteiger partial charge in [0.25, 0.3) is 0 Å². The highest BCUT2D eigenvalue weighted by molar-refractivity contribution is 7.67. The van der Waals surface area contributed by atoms with Crippen molar-refractivity contribution in [1.82, 2.24) is 5.32 Å². The Labute approximate surface area is 158 Å². The Balaban J connectivity index is 1.68. The van der Waals surface area contributed by atoms with Gasteiger partial charge in [0.15, 0.2) is 0 Å². The van der Waals surface area contributed by atoms with Crippen LogP contribution in [0.1, 0.15) is 31.2 Å². The van der Waals surface area contributed by atoms with Gasteiger partial charge < -0.3 is 14.6 Å². The molecule has 0 radical (unpaired) electrons. The van der Waals surface area contributed by atoms with E-state index in [2.05, 4.69) is 11.9 Å². The van der Waals surface area contributed by atoms with Gasteiger partial charge in [-0.05, 0) is 42.3 Å². The smallest absolute Gasteiger partial charge is 0.414 e. The summed E-state index contributed by atoms with van der Waals surface area (Å²) in [7, 11) is -2.28. The Kier molecular flexibility index (Phi) is 5.70. The van der Waals surface area contributed by atoms with Gasteiger partial charge in [-0.2, -0.15) is 0 Å². The number of hydrogen-bond acceptors (Lipinski definition) is 4. The molecule has 3 rings (SSSR count). The number of carbonyl (C=O) groups excluding carboxylic acids is 2. The van der Waals surface area contributed by atoms with Crippen molar-refractivity contribution >= 4 is 24.8 Å². The van der Waals surface area contributed by atoms with Crippen LogP contribution in [0.3, 0.4) is 0 Å². The minimum atomic E-state index is -2.28. The summed E-state index contributed by atoms with van der Waals surface area (Å²) in [6.45, 7) is 5.52. The number of rotatable bonds is 5. The van der Waals surface area contributed by atoms with E-state index in [9.17, 15) is 18.5 Å². The van der Waals surface area contributed by atoms with E-state index in [4.69, 9.17) is 4.74 Å². The summed E-state index contributed by atoms with van der Waals surface area (Å²) in [4.78, 5) is 24.4. The number of nitrogens with one attached hydrogen (secondary N) is 1. The number of anilines is 1. The predicted molar refractivity (Wildman–Crippen MR) is 102 cm³/mol. The summed E-state index contributed by atoms with van der Waals surface area (Å²) in [5.41, 5.74) is 1.02. The molecule has 0 spiro atoms. The van der Waals surface area contributed by atoms with Gasteiger partial charge in [0.1, 0.15) is 19.1 Å². The van der Waals surface area contributed by atoms with Crippen LogP contribution < -0.4 is 10.2 Å². The maximum absolute atomic E-state index is 14.7. The lowest BCUT2D eigenvalue weighted by atomic mass is 9.93. The zero-order chi connectivity index (χ0) is 19.6. The van der Waals surface area contributed by atoms with Crippen molar-refractivity contribution in [2.45, 2.75) is 31.8 Å². The number of nitrogens with zero attached hydrogens (tertiary/aromatic N) is 1. The predicted octanol–water partition coefficient (Wildman–Crippen LogP) is 3.67. The number of benzene rings is 1. The lowest BCUT2D eigenvalue weighted by Gasteiger charge is -2.28. The first kappa shape index (κ1) is 19.6. The average molecular weight is 394 g/mol. The SMILES string of the molecule is C=CP1(=O)CCC(c2ccc(N3C[C@H](CNC(C)=O)OC3=O)cc2F)CC1. The molecule has 8 heteroatoms. The molecule has 1 aromatic carbocycles. The van der Waals surface area contributed by atoms with Gasteiger partial charge >= 0.3 is 6.09 Å². The quantitative estimate of drug-likeness (QED) is 0.774. The van der Waals surface area contributed by atoms with E-state index in [1.165, 1.54) is 17.9 Å². The first-order chi connectivity index (χ1) is 12.8. The third kappa shape index (κ3) is 4.41. The van der Waals surface area contributed by atoms with Gasteiger partial charge in [0.05, 0.1) is 18.8 Å². The summed E-state index contributed by atoms with van der Waals surface area (Å²) >= 11 is 0. The number of cyclic esters (lactones) is 1. The number of amides is 2. The Morgan fingerprint density at radius 2 is 2.15 bits per heavy atom. The molecule has 0 unspecified atom stereocenters. The summed E-state index contributed by atoms with van der Waals surface area (Å²) < 4.78 is 32.3. The van der Waals surface area contributed by atoms with Gasteiger partial charge in [0, 0.05) is 19.2 Å². The topological polar surface area (TPSA) is 75.7 Å². The standard InChI is InChI=1S/C19H24FN2O4P/c1-3-27(25)8-6-14(7-9-27)17-5-4-15(10-18(17)20)22-12-16(26-19(22)24)11-21-13(2)23/h3-5,10,14,16H,1,6-9,11-12H2,2H3,(H,21,23)/t14?,16-,27?/m0/s1. The highest BCUT2D eigenvalue weighted by atomic mass is 31.2. The fourth-order valence-corrected chi connectivity index (χ4v) is 5.70. The van der Waals surface area contributed by atoms with Crippen molar-refractivity contribution in [2.75, 3.05) is 30.3 Å². The minimum absolute atomic E-state index is 0.0270. The van der Waals surface area contributed by atoms with Gasteiger partial charge in [-0.25, -0.2) is 9.18 Å². The summed E-state index contributed by atoms with van der Waals surface area (Å²) in [6.07, 6.45) is 1.45. The third-order valence-electron chi connectivity index (χ3n) is 5.23. The molecule has 2 aliphatic rings. The molecule has 1 atom stereocenters. The molecule has 2 aliphatic heterocycles. The zero-order valence-electron chi connectivity index (χ0n) is 15.3. The molecule has 0 bridgehead atoms. The van der Waals surface area contributed by atoms with Crippen LogP contribution >= 0.6 is 7.14 Å². The Bertz CT molecular complexity index is 801. The van der Waals surface area contributed by atoms with Crippen molar-refractivity contribution in [3.8, 4) is 0 Å². The molecule has 6 nitrogen and oxygen atoms in total. The lowest BCUT2D eigenvalue weighted by molar-refractivity contribution is -0.119. The van der Waals surface area contributed by atoms with E-state index in [1.807, 2.05) is 0 Å². The van der Waals surface area contributed by atoms with Crippen LogP contribution in [0, 0.1) is 5.82 Å². The first-order valence-electron chi connectivity index (χ1n) is 9.05. The summed E-state index contributed by atoms with van der Waals surface area (Å²) in [6, 6.07) is 4.76. The van der Waals surface area contributed by atoms with Crippen molar-refractivity contribution in [1.29, 1.82) is 0 Å². The first-order valence-corrected chi connectivity index (χ1v) is 11.2. The molecule has 2 heterocycles. The molecular weight excluding hydrogens is 370 g/mol. The van der Waals surface area contributed by atoms with E-state index in [0.717, 1.165) is 0 Å². The normalized spacial score (nSPS) is 27.9. The highest BCUT2D eigenvalue weighted by Gasteiger charge is 2.34. The third-order valence-corrected chi connectivity index (χ3v) is 7.93. The average Bonchev–Trinajstić information content (AvgIpc) is 3.02. The van der Waals surface area contributed by atoms with Crippen LogP contribution in [0.4, 0.5) is 14.9 Å². The molecule has 1 N–H and O–H groups in total. The molecule has 0 aromatic heterocycles. The number of carbonyl (C=O) groups is 2. The molecule has 146 valence electrons. The Morgan fingerprint density at radius 3 is 2.74 bits per heavy atom. The van der Waals surface area contributed by atoms with E-state index >= 15 is 0 Å². The van der Waals surface area contributed by atoms with Crippen LogP contribution in [0.25, 0.3) is 0 Å². The second-order valence-corrected chi connectivity index (χ2v) is 10.3. The molecule has 2 saturated heterocycles.